The van der Waals surface area contributed by atoms with Crippen LogP contribution in [0.3, 0.4) is 0 Å². The molecule has 0 bridgehead atoms. The van der Waals surface area contributed by atoms with Gasteiger partial charge in [-0.2, -0.15) is 0 Å². The van der Waals surface area contributed by atoms with E-state index < -0.39 is 11.4 Å². The summed E-state index contributed by atoms with van der Waals surface area (Å²) in [5.41, 5.74) is -0.847. The van der Waals surface area contributed by atoms with Crippen LogP contribution in [0.5, 0.6) is 0 Å². The van der Waals surface area contributed by atoms with Gasteiger partial charge in [-0.3, -0.25) is 9.59 Å². The molecule has 1 aliphatic heterocycles. The Morgan fingerprint density at radius 3 is 2.44 bits per heavy atom. The molecule has 2 aliphatic rings. The molecule has 5 heteroatoms. The van der Waals surface area contributed by atoms with Crippen LogP contribution < -0.4 is 5.32 Å². The maximum Gasteiger partial charge on any atom is 0.311 e. The molecule has 1 aliphatic carbocycles. The normalized spacial score (nSPS) is 22.9. The lowest BCUT2D eigenvalue weighted by atomic mass is 9.80. The van der Waals surface area contributed by atoms with Crippen molar-refractivity contribution in [1.29, 1.82) is 0 Å². The van der Waals surface area contributed by atoms with Gasteiger partial charge >= 0.3 is 5.97 Å². The Balaban J connectivity index is 1.89. The first-order valence-electron chi connectivity index (χ1n) is 6.38. The first-order valence-corrected chi connectivity index (χ1v) is 6.38. The van der Waals surface area contributed by atoms with Crippen LogP contribution in [0.25, 0.3) is 0 Å². The van der Waals surface area contributed by atoms with E-state index in [1.165, 1.54) is 0 Å². The minimum absolute atomic E-state index is 0.0179. The Labute approximate surface area is 106 Å². The van der Waals surface area contributed by atoms with Crippen LogP contribution in [-0.2, 0) is 14.3 Å². The fraction of sp³-hybridized carbons (Fsp3) is 0.692. The molecule has 0 aromatic rings. The van der Waals surface area contributed by atoms with Crippen LogP contribution in [0, 0.1) is 11.3 Å². The smallest absolute Gasteiger partial charge is 0.311 e. The molecular formula is C13H19NO4. The van der Waals surface area contributed by atoms with E-state index in [4.69, 9.17) is 4.74 Å². The van der Waals surface area contributed by atoms with E-state index in [0.29, 0.717) is 26.1 Å². The van der Waals surface area contributed by atoms with Gasteiger partial charge in [0.2, 0.25) is 5.91 Å². The van der Waals surface area contributed by atoms with Gasteiger partial charge in [-0.15, -0.1) is 0 Å². The number of hydrogen-bond acceptors (Lipinski definition) is 3. The van der Waals surface area contributed by atoms with Gasteiger partial charge in [0.25, 0.3) is 0 Å². The largest absolute Gasteiger partial charge is 0.481 e. The first kappa shape index (κ1) is 13.1. The number of carbonyl (C=O) groups is 2. The highest BCUT2D eigenvalue weighted by molar-refractivity contribution is 5.81. The van der Waals surface area contributed by atoms with Crippen molar-refractivity contribution in [3.8, 4) is 0 Å². The highest BCUT2D eigenvalue weighted by Crippen LogP contribution is 2.30. The minimum atomic E-state index is -0.847. The Morgan fingerprint density at radius 2 is 1.89 bits per heavy atom. The van der Waals surface area contributed by atoms with Crippen molar-refractivity contribution in [1.82, 2.24) is 5.32 Å². The van der Waals surface area contributed by atoms with Crippen LogP contribution in [0.2, 0.25) is 0 Å². The quantitative estimate of drug-likeness (QED) is 0.731. The van der Waals surface area contributed by atoms with E-state index in [9.17, 15) is 14.7 Å². The fourth-order valence-electron chi connectivity index (χ4n) is 2.46. The molecule has 1 amide bonds. The number of amides is 1. The summed E-state index contributed by atoms with van der Waals surface area (Å²) in [5.74, 6) is -0.890. The van der Waals surface area contributed by atoms with Gasteiger partial charge in [-0.05, 0) is 25.7 Å². The number of hydrogen-bond donors (Lipinski definition) is 2. The number of carbonyl (C=O) groups excluding carboxylic acids is 1. The molecule has 5 nitrogen and oxygen atoms in total. The zero-order valence-corrected chi connectivity index (χ0v) is 10.4. The molecule has 0 radical (unpaired) electrons. The van der Waals surface area contributed by atoms with E-state index in [1.54, 1.807) is 0 Å². The van der Waals surface area contributed by atoms with Gasteiger partial charge in [0.1, 0.15) is 0 Å². The second-order valence-corrected chi connectivity index (χ2v) is 5.06. The second kappa shape index (κ2) is 5.52. The number of aliphatic carboxylic acids is 1. The molecular weight excluding hydrogens is 234 g/mol. The van der Waals surface area contributed by atoms with Gasteiger partial charge in [-0.25, -0.2) is 0 Å². The molecule has 2 rings (SSSR count). The summed E-state index contributed by atoms with van der Waals surface area (Å²) >= 11 is 0. The third-order valence-corrected chi connectivity index (χ3v) is 3.88. The molecule has 1 saturated heterocycles. The van der Waals surface area contributed by atoms with Gasteiger partial charge in [-0.1, -0.05) is 12.2 Å². The van der Waals surface area contributed by atoms with Crippen molar-refractivity contribution in [3.05, 3.63) is 12.2 Å². The summed E-state index contributed by atoms with van der Waals surface area (Å²) in [6, 6.07) is 0. The number of allylic oxidation sites excluding steroid dienone is 2. The SMILES string of the molecule is O=C(NCC1(C(=O)O)CCOCC1)C1CC=CC1. The van der Waals surface area contributed by atoms with Crippen molar-refractivity contribution in [2.45, 2.75) is 25.7 Å². The van der Waals surface area contributed by atoms with Gasteiger partial charge in [0.05, 0.1) is 5.41 Å². The molecule has 18 heavy (non-hydrogen) atoms. The summed E-state index contributed by atoms with van der Waals surface area (Å²) in [6.07, 6.45) is 6.43. The minimum Gasteiger partial charge on any atom is -0.481 e. The molecule has 100 valence electrons. The monoisotopic (exact) mass is 253 g/mol. The van der Waals surface area contributed by atoms with Gasteiger partial charge < -0.3 is 15.2 Å². The lowest BCUT2D eigenvalue weighted by molar-refractivity contribution is -0.154. The van der Waals surface area contributed by atoms with Gasteiger partial charge in [0.15, 0.2) is 0 Å². The Bertz CT molecular complexity index is 350. The first-order chi connectivity index (χ1) is 8.64. The molecule has 0 spiro atoms. The number of carboxylic acid groups (broad SMARTS) is 1. The van der Waals surface area contributed by atoms with Crippen molar-refractivity contribution < 1.29 is 19.4 Å². The number of carboxylic acids is 1. The number of nitrogens with one attached hydrogen (secondary N) is 1. The zero-order chi connectivity index (χ0) is 13.0. The summed E-state index contributed by atoms with van der Waals surface area (Å²) in [6.45, 7) is 1.11. The zero-order valence-electron chi connectivity index (χ0n) is 10.4. The van der Waals surface area contributed by atoms with Gasteiger partial charge in [0, 0.05) is 25.7 Å². The fourth-order valence-corrected chi connectivity index (χ4v) is 2.46. The lowest BCUT2D eigenvalue weighted by Crippen LogP contribution is -2.47. The Kier molecular flexibility index (Phi) is 4.01. The highest BCUT2D eigenvalue weighted by Gasteiger charge is 2.40. The van der Waals surface area contributed by atoms with E-state index in [0.717, 1.165) is 12.8 Å². The molecule has 0 saturated carbocycles. The summed E-state index contributed by atoms with van der Waals surface area (Å²) in [5, 5.41) is 12.1. The standard InChI is InChI=1S/C13H19NO4/c15-11(10-3-1-2-4-10)14-9-13(12(16)17)5-7-18-8-6-13/h1-2,10H,3-9H2,(H,14,15)(H,16,17). The molecule has 0 aromatic heterocycles. The average molecular weight is 253 g/mol. The van der Waals surface area contributed by atoms with Crippen molar-refractivity contribution in [2.24, 2.45) is 11.3 Å². The predicted molar refractivity (Wildman–Crippen MR) is 65.0 cm³/mol. The maximum atomic E-state index is 11.9. The molecule has 0 aromatic carbocycles. The third kappa shape index (κ3) is 2.72. The van der Waals surface area contributed by atoms with Crippen LogP contribution in [0.1, 0.15) is 25.7 Å². The van der Waals surface area contributed by atoms with Crippen molar-refractivity contribution in [3.63, 3.8) is 0 Å². The molecule has 0 unspecified atom stereocenters. The molecule has 0 atom stereocenters. The Hall–Kier alpha value is -1.36. The summed E-state index contributed by atoms with van der Waals surface area (Å²) in [4.78, 5) is 23.3. The predicted octanol–water partition coefficient (Wildman–Crippen LogP) is 0.950. The Morgan fingerprint density at radius 1 is 1.28 bits per heavy atom. The maximum absolute atomic E-state index is 11.9. The van der Waals surface area contributed by atoms with Crippen molar-refractivity contribution >= 4 is 11.9 Å². The van der Waals surface area contributed by atoms with E-state index in [1.807, 2.05) is 12.2 Å². The third-order valence-electron chi connectivity index (χ3n) is 3.88. The topological polar surface area (TPSA) is 75.6 Å². The van der Waals surface area contributed by atoms with E-state index in [-0.39, 0.29) is 18.4 Å². The lowest BCUT2D eigenvalue weighted by Gasteiger charge is -2.33. The molecule has 1 heterocycles. The number of ether oxygens (including phenoxy) is 1. The summed E-state index contributed by atoms with van der Waals surface area (Å²) < 4.78 is 5.20. The highest BCUT2D eigenvalue weighted by atomic mass is 16.5. The number of rotatable bonds is 4. The van der Waals surface area contributed by atoms with E-state index >= 15 is 0 Å². The van der Waals surface area contributed by atoms with Crippen LogP contribution in [-0.4, -0.2) is 36.7 Å². The van der Waals surface area contributed by atoms with Crippen LogP contribution >= 0.6 is 0 Å². The second-order valence-electron chi connectivity index (χ2n) is 5.06. The van der Waals surface area contributed by atoms with E-state index in [2.05, 4.69) is 5.32 Å². The average Bonchev–Trinajstić information content (AvgIpc) is 2.91. The molecule has 1 fully saturated rings. The van der Waals surface area contributed by atoms with Crippen LogP contribution in [0.15, 0.2) is 12.2 Å². The summed E-state index contributed by atoms with van der Waals surface area (Å²) in [7, 11) is 0. The van der Waals surface area contributed by atoms with Crippen LogP contribution in [0.4, 0.5) is 0 Å². The van der Waals surface area contributed by atoms with Crippen molar-refractivity contribution in [2.75, 3.05) is 19.8 Å². The molecule has 2 N–H and O–H groups in total.